The minimum atomic E-state index is -0.516. The van der Waals surface area contributed by atoms with Gasteiger partial charge in [0.2, 0.25) is 0 Å². The summed E-state index contributed by atoms with van der Waals surface area (Å²) in [6.07, 6.45) is 25.3. The number of carbonyl (C=O) groups excluding carboxylic acids is 3. The molecule has 0 aromatic heterocycles. The summed E-state index contributed by atoms with van der Waals surface area (Å²) < 4.78 is 16.6. The number of halogens is 2. The van der Waals surface area contributed by atoms with Crippen LogP contribution in [-0.2, 0) is 23.9 Å². The molecule has 0 amide bonds. The molecule has 0 radical (unpaired) electrons. The molecule has 8 aromatic rings. The molecule has 0 fully saturated rings. The first-order chi connectivity index (χ1) is 44.5. The third-order valence-corrected chi connectivity index (χ3v) is 15.1. The fourth-order valence-electron chi connectivity index (χ4n) is 9.64. The highest BCUT2D eigenvalue weighted by molar-refractivity contribution is 9.09. The van der Waals surface area contributed by atoms with Crippen LogP contribution in [0.5, 0.6) is 0 Å². The number of esters is 2. The average molecular weight is 1320 g/mol. The van der Waals surface area contributed by atoms with Gasteiger partial charge >= 0.3 is 11.9 Å². The Morgan fingerprint density at radius 1 is 0.378 bits per heavy atom. The Bertz CT molecular complexity index is 3620. The van der Waals surface area contributed by atoms with Crippen molar-refractivity contribution in [3.63, 3.8) is 0 Å². The van der Waals surface area contributed by atoms with Crippen LogP contribution in [-0.4, -0.2) is 41.6 Å². The lowest BCUT2D eigenvalue weighted by Crippen LogP contribution is -2.03. The molecule has 0 saturated carbocycles. The van der Waals surface area contributed by atoms with Crippen LogP contribution in [0.4, 0.5) is 0 Å². The SMILES string of the molecule is BrCCCCCCCCBr.C#Cc1ccc(C(=C(c2ccccc2)c2ccc(C#C)cc2)c2ccccc2)cc1.CC#Cc1ccc(C(=C(c2ccccc2)c2ccc(C#CC(=O)OCCCCCCCCOC(C)=O)cc2)c2ccccc2)cc1.[2H]CC(C)=O. The molecule has 0 atom stereocenters. The smallest absolute Gasteiger partial charge is 0.384 e. The summed E-state index contributed by atoms with van der Waals surface area (Å²) in [5, 5.41) is 2.34. The Kier molecular flexibility index (Phi) is 33.4. The van der Waals surface area contributed by atoms with E-state index in [4.69, 9.17) is 23.7 Å². The highest BCUT2D eigenvalue weighted by atomic mass is 79.9. The number of hydrogen-bond donors (Lipinski definition) is 0. The number of hydrogen-bond acceptors (Lipinski definition) is 5. The van der Waals surface area contributed by atoms with E-state index >= 15 is 0 Å². The molecule has 7 heteroatoms. The zero-order valence-electron chi connectivity index (χ0n) is 53.3. The van der Waals surface area contributed by atoms with E-state index in [1.807, 2.05) is 67.6 Å². The molecule has 8 rings (SSSR count). The van der Waals surface area contributed by atoms with Gasteiger partial charge in [0, 0.05) is 47.1 Å². The molecule has 0 aliphatic carbocycles. The molecule has 0 N–H and O–H groups in total. The monoisotopic (exact) mass is 1320 g/mol. The first-order valence-corrected chi connectivity index (χ1v) is 33.0. The molecule has 0 aliphatic heterocycles. The van der Waals surface area contributed by atoms with Crippen molar-refractivity contribution < 1.29 is 25.2 Å². The van der Waals surface area contributed by atoms with Crippen molar-refractivity contribution in [1.82, 2.24) is 0 Å². The summed E-state index contributed by atoms with van der Waals surface area (Å²) in [4.78, 5) is 32.7. The van der Waals surface area contributed by atoms with Gasteiger partial charge in [-0.05, 0) is 162 Å². The van der Waals surface area contributed by atoms with Crippen LogP contribution in [0.25, 0.3) is 22.3 Å². The zero-order chi connectivity index (χ0) is 65.1. The van der Waals surface area contributed by atoms with Gasteiger partial charge in [-0.1, -0.05) is 277 Å². The molecular weight excluding hydrogens is 1240 g/mol. The van der Waals surface area contributed by atoms with Gasteiger partial charge in [-0.15, -0.1) is 18.8 Å². The number of ether oxygens (including phenoxy) is 2. The lowest BCUT2D eigenvalue weighted by atomic mass is 9.85. The van der Waals surface area contributed by atoms with E-state index in [0.717, 1.165) is 128 Å². The Hall–Kier alpha value is -8.95. The molecule has 458 valence electrons. The third kappa shape index (κ3) is 26.4. The van der Waals surface area contributed by atoms with Crippen molar-refractivity contribution >= 4 is 71.9 Å². The number of carbonyl (C=O) groups is 3. The second-order valence-electron chi connectivity index (χ2n) is 21.0. The molecule has 0 saturated heterocycles. The minimum Gasteiger partial charge on any atom is -0.466 e. The topological polar surface area (TPSA) is 69.7 Å². The first-order valence-electron chi connectivity index (χ1n) is 31.4. The molecule has 8 aromatic carbocycles. The predicted molar refractivity (Wildman–Crippen MR) is 384 cm³/mol. The van der Waals surface area contributed by atoms with Crippen LogP contribution in [0.15, 0.2) is 218 Å². The van der Waals surface area contributed by atoms with Gasteiger partial charge in [-0.3, -0.25) is 4.79 Å². The van der Waals surface area contributed by atoms with Gasteiger partial charge in [-0.25, -0.2) is 4.79 Å². The van der Waals surface area contributed by atoms with E-state index in [1.165, 1.54) is 63.0 Å². The van der Waals surface area contributed by atoms with Crippen LogP contribution >= 0.6 is 31.9 Å². The first kappa shape index (κ1) is 70.1. The van der Waals surface area contributed by atoms with Gasteiger partial charge < -0.3 is 14.3 Å². The summed E-state index contributed by atoms with van der Waals surface area (Å²) in [6, 6.07) is 74.4. The zero-order valence-corrected chi connectivity index (χ0v) is 55.4. The number of unbranched alkanes of at least 4 members (excludes halogenated alkanes) is 10. The summed E-state index contributed by atoms with van der Waals surface area (Å²) in [6.45, 7) is 5.43. The van der Waals surface area contributed by atoms with Crippen LogP contribution in [0.1, 0.15) is 173 Å². The number of ketones is 1. The number of rotatable bonds is 24. The standard InChI is InChI=1S/C42H40O4.C30H20.C8H16Br2.C3H6O/c1-3-16-34-21-26-38(27-22-34)41(36-17-10-8-11-18-36)42(37-19-12-9-13-20-37)39-28-23-35(24-29-39)25-30-40(44)46-32-15-7-5-4-6-14-31-45-33(2)43;1-3-23-15-19-27(20-16-23)29(25-11-7-5-8-12-25)30(26-13-9-6-10-14-26)28-21-17-24(4-2)18-22-28;9-7-5-3-1-2-4-6-8-10;1-3(2)4/h8-13,17-24,26-29H,4-7,14-15,31-32H2,1-2H3;1-2,5-22H;1-8H2;1-2H3/i;;;1D. The second-order valence-corrected chi connectivity index (χ2v) is 22.6. The van der Waals surface area contributed by atoms with Gasteiger partial charge in [0.25, 0.3) is 0 Å². The van der Waals surface area contributed by atoms with Crippen molar-refractivity contribution in [3.8, 4) is 48.4 Å². The fraction of sp³-hybridized carbons (Fsp3) is 0.241. The average Bonchev–Trinajstić information content (AvgIpc) is 0.987. The van der Waals surface area contributed by atoms with Crippen LogP contribution in [0, 0.1) is 48.4 Å². The summed E-state index contributed by atoms with van der Waals surface area (Å²) in [5.41, 5.74) is 16.8. The maximum atomic E-state index is 12.3. The van der Waals surface area contributed by atoms with Crippen molar-refractivity contribution in [2.45, 2.75) is 105 Å². The van der Waals surface area contributed by atoms with Crippen molar-refractivity contribution in [2.75, 3.05) is 23.9 Å². The molecule has 90 heavy (non-hydrogen) atoms. The van der Waals surface area contributed by atoms with Crippen LogP contribution < -0.4 is 0 Å². The van der Waals surface area contributed by atoms with Crippen LogP contribution in [0.3, 0.4) is 0 Å². The van der Waals surface area contributed by atoms with Crippen molar-refractivity contribution in [1.29, 1.82) is 0 Å². The number of Topliss-reactive ketones (excluding diaryl/α,β-unsaturated/α-hetero) is 1. The molecule has 0 bridgehead atoms. The summed E-state index contributed by atoms with van der Waals surface area (Å²) in [5.74, 6) is 16.3. The van der Waals surface area contributed by atoms with Gasteiger partial charge in [0.15, 0.2) is 0 Å². The number of terminal acetylenes is 2. The summed E-state index contributed by atoms with van der Waals surface area (Å²) >= 11 is 6.85. The van der Waals surface area contributed by atoms with E-state index in [-0.39, 0.29) is 18.7 Å². The molecule has 5 nitrogen and oxygen atoms in total. The fourth-order valence-corrected chi connectivity index (χ4v) is 10.4. The van der Waals surface area contributed by atoms with E-state index in [9.17, 15) is 14.4 Å². The van der Waals surface area contributed by atoms with Gasteiger partial charge in [0.1, 0.15) is 5.78 Å². The maximum absolute atomic E-state index is 12.3. The Labute approximate surface area is 555 Å². The lowest BCUT2D eigenvalue weighted by Gasteiger charge is -2.18. The van der Waals surface area contributed by atoms with Gasteiger partial charge in [0.05, 0.1) is 13.2 Å². The van der Waals surface area contributed by atoms with E-state index in [2.05, 4.69) is 225 Å². The number of benzene rings is 8. The maximum Gasteiger partial charge on any atom is 0.384 e. The lowest BCUT2D eigenvalue weighted by molar-refractivity contribution is -0.141. The minimum absolute atomic E-state index is 0.0787. The number of alkyl halides is 2. The van der Waals surface area contributed by atoms with Gasteiger partial charge in [-0.2, -0.15) is 0 Å². The van der Waals surface area contributed by atoms with E-state index < -0.39 is 5.97 Å². The normalized spacial score (nSPS) is 10.8. The molecule has 0 unspecified atom stereocenters. The van der Waals surface area contributed by atoms with Crippen molar-refractivity contribution in [2.24, 2.45) is 0 Å². The van der Waals surface area contributed by atoms with Crippen molar-refractivity contribution in [3.05, 3.63) is 285 Å². The Morgan fingerprint density at radius 2 is 0.644 bits per heavy atom. The Balaban J connectivity index is 0.000000283. The molecule has 0 heterocycles. The third-order valence-electron chi connectivity index (χ3n) is 14.0. The quantitative estimate of drug-likeness (QED) is 0.0198. The van der Waals surface area contributed by atoms with E-state index in [0.29, 0.717) is 13.2 Å². The predicted octanol–water partition coefficient (Wildman–Crippen LogP) is 20.2. The highest BCUT2D eigenvalue weighted by Gasteiger charge is 2.18. The largest absolute Gasteiger partial charge is 0.466 e. The summed E-state index contributed by atoms with van der Waals surface area (Å²) in [7, 11) is 0. The van der Waals surface area contributed by atoms with Crippen LogP contribution in [0.2, 0.25) is 0 Å². The highest BCUT2D eigenvalue weighted by Crippen LogP contribution is 2.39. The Morgan fingerprint density at radius 3 is 0.922 bits per heavy atom. The molecular formula is C83H82Br2O5. The van der Waals surface area contributed by atoms with E-state index in [1.54, 1.807) is 0 Å². The molecule has 0 aliphatic rings. The second kappa shape index (κ2) is 42.8. The molecule has 0 spiro atoms.